The van der Waals surface area contributed by atoms with E-state index in [0.29, 0.717) is 24.9 Å². The van der Waals surface area contributed by atoms with Gasteiger partial charge >= 0.3 is 11.9 Å². The Morgan fingerprint density at radius 1 is 0.744 bits per heavy atom. The lowest BCUT2D eigenvalue weighted by Crippen LogP contribution is -2.48. The Bertz CT molecular complexity index is 1240. The second-order valence-electron chi connectivity index (χ2n) is 8.96. The van der Waals surface area contributed by atoms with Crippen molar-refractivity contribution in [3.05, 3.63) is 84.6 Å². The van der Waals surface area contributed by atoms with Crippen LogP contribution in [0, 0.1) is 0 Å². The van der Waals surface area contributed by atoms with Crippen molar-refractivity contribution < 1.29 is 29.4 Å². The van der Waals surface area contributed by atoms with Crippen LogP contribution in [0.25, 0.3) is 11.1 Å². The maximum Gasteiger partial charge on any atom is 0.305 e. The van der Waals surface area contributed by atoms with Crippen molar-refractivity contribution in [1.82, 2.24) is 15.6 Å². The zero-order valence-electron chi connectivity index (χ0n) is 21.4. The number of amides is 2. The molecule has 2 atom stereocenters. The van der Waals surface area contributed by atoms with E-state index < -0.39 is 48.7 Å². The summed E-state index contributed by atoms with van der Waals surface area (Å²) in [6, 6.07) is 20.0. The quantitative estimate of drug-likeness (QED) is 0.186. The number of rotatable bonds is 15. The fourth-order valence-corrected chi connectivity index (χ4v) is 3.98. The van der Waals surface area contributed by atoms with Gasteiger partial charge in [0.1, 0.15) is 11.9 Å². The zero-order chi connectivity index (χ0) is 28.0. The number of anilines is 1. The van der Waals surface area contributed by atoms with E-state index in [1.807, 2.05) is 60.7 Å². The Morgan fingerprint density at radius 3 is 2.05 bits per heavy atom. The lowest BCUT2D eigenvalue weighted by atomic mass is 9.98. The number of carbonyl (C=O) groups is 4. The maximum absolute atomic E-state index is 13.0. The fraction of sp³-hybridized carbons (Fsp3) is 0.276. The molecule has 39 heavy (non-hydrogen) atoms. The lowest BCUT2D eigenvalue weighted by molar-refractivity contribution is -0.142. The third-order valence-electron chi connectivity index (χ3n) is 5.95. The molecule has 3 aromatic rings. The van der Waals surface area contributed by atoms with Gasteiger partial charge in [-0.3, -0.25) is 19.2 Å². The Hall–Kier alpha value is -4.73. The molecule has 1 heterocycles. The van der Waals surface area contributed by atoms with E-state index in [0.717, 1.165) is 16.9 Å². The van der Waals surface area contributed by atoms with Crippen molar-refractivity contribution in [2.75, 3.05) is 11.9 Å². The molecule has 1 unspecified atom stereocenters. The number of nitrogens with zero attached hydrogens (tertiary/aromatic N) is 1. The molecular formula is C29H32N4O6. The molecule has 3 rings (SSSR count). The highest BCUT2D eigenvalue weighted by Crippen LogP contribution is 2.23. The molecule has 10 nitrogen and oxygen atoms in total. The van der Waals surface area contributed by atoms with E-state index in [1.54, 1.807) is 18.3 Å². The first-order valence-corrected chi connectivity index (χ1v) is 12.7. The number of unbranched alkanes of at least 4 members (excludes halogenated alkanes) is 1. The van der Waals surface area contributed by atoms with Crippen molar-refractivity contribution in [3.63, 3.8) is 0 Å². The second-order valence-corrected chi connectivity index (χ2v) is 8.96. The van der Waals surface area contributed by atoms with Crippen LogP contribution in [0.4, 0.5) is 5.82 Å². The molecule has 0 aliphatic rings. The molecule has 0 aliphatic carbocycles. The number of aromatic nitrogens is 1. The summed E-state index contributed by atoms with van der Waals surface area (Å²) in [7, 11) is 0. The Labute approximate surface area is 226 Å². The van der Waals surface area contributed by atoms with Gasteiger partial charge < -0.3 is 26.2 Å². The van der Waals surface area contributed by atoms with Crippen LogP contribution in [0.15, 0.2) is 79.0 Å². The molecule has 2 aromatic carbocycles. The summed E-state index contributed by atoms with van der Waals surface area (Å²) in [5.41, 5.74) is 2.46. The third-order valence-corrected chi connectivity index (χ3v) is 5.95. The van der Waals surface area contributed by atoms with Crippen LogP contribution < -0.4 is 16.0 Å². The molecule has 0 saturated carbocycles. The highest BCUT2D eigenvalue weighted by molar-refractivity contribution is 5.91. The van der Waals surface area contributed by atoms with Gasteiger partial charge in [0.25, 0.3) is 0 Å². The number of nitrogens with one attached hydrogen (secondary N) is 3. The second kappa shape index (κ2) is 14.9. The minimum atomic E-state index is -1.35. The molecule has 1 aromatic heterocycles. The predicted molar refractivity (Wildman–Crippen MR) is 146 cm³/mol. The average Bonchev–Trinajstić information content (AvgIpc) is 2.93. The number of carbonyl (C=O) groups excluding carboxylic acids is 2. The van der Waals surface area contributed by atoms with E-state index in [9.17, 15) is 29.4 Å². The van der Waals surface area contributed by atoms with Gasteiger partial charge in [0.15, 0.2) is 0 Å². The standard InChI is InChI=1S/C29H32N4O6/c34-26(11-5-7-17-31-25-10-4-6-16-30-25)32-24(19-28(37)38)29(39)33-23(18-27(35)36)22-14-12-21(13-15-22)20-8-2-1-3-9-20/h1-4,6,8-10,12-16,23-24H,5,7,11,17-19H2,(H,30,31)(H,32,34)(H,33,39)(H,35,36)(H,37,38)/t23?,24-/m0/s1. The highest BCUT2D eigenvalue weighted by Gasteiger charge is 2.27. The van der Waals surface area contributed by atoms with Crippen LogP contribution in [0.1, 0.15) is 43.7 Å². The van der Waals surface area contributed by atoms with Crippen LogP contribution in [-0.4, -0.2) is 51.5 Å². The summed E-state index contributed by atoms with van der Waals surface area (Å²) in [6.07, 6.45) is 1.91. The van der Waals surface area contributed by atoms with Crippen LogP contribution in [-0.2, 0) is 19.2 Å². The van der Waals surface area contributed by atoms with Crippen LogP contribution in [0.2, 0.25) is 0 Å². The Balaban J connectivity index is 1.58. The van der Waals surface area contributed by atoms with E-state index in [2.05, 4.69) is 20.9 Å². The minimum absolute atomic E-state index is 0.104. The maximum atomic E-state index is 13.0. The van der Waals surface area contributed by atoms with Crippen LogP contribution in [0.3, 0.4) is 0 Å². The summed E-state index contributed by atoms with van der Waals surface area (Å²) < 4.78 is 0. The molecule has 0 aliphatic heterocycles. The van der Waals surface area contributed by atoms with E-state index in [1.165, 1.54) is 0 Å². The highest BCUT2D eigenvalue weighted by atomic mass is 16.4. The largest absolute Gasteiger partial charge is 0.481 e. The van der Waals surface area contributed by atoms with Crippen molar-refractivity contribution >= 4 is 29.6 Å². The van der Waals surface area contributed by atoms with Crippen molar-refractivity contribution in [2.45, 2.75) is 44.2 Å². The first-order valence-electron chi connectivity index (χ1n) is 12.7. The van der Waals surface area contributed by atoms with Crippen molar-refractivity contribution in [3.8, 4) is 11.1 Å². The summed E-state index contributed by atoms with van der Waals surface area (Å²) in [5, 5.41) is 26.9. The lowest BCUT2D eigenvalue weighted by Gasteiger charge is -2.22. The smallest absolute Gasteiger partial charge is 0.305 e. The summed E-state index contributed by atoms with van der Waals surface area (Å²) in [6.45, 7) is 0.600. The van der Waals surface area contributed by atoms with Crippen LogP contribution in [0.5, 0.6) is 0 Å². The molecule has 204 valence electrons. The SMILES string of the molecule is O=C(O)CC(NC(=O)[C@H](CC(=O)O)NC(=O)CCCCNc1ccccn1)c1ccc(-c2ccccc2)cc1. The molecule has 5 N–H and O–H groups in total. The number of benzene rings is 2. The third kappa shape index (κ3) is 9.92. The summed E-state index contributed by atoms with van der Waals surface area (Å²) in [5.74, 6) is -2.90. The number of aliphatic carboxylic acids is 2. The minimum Gasteiger partial charge on any atom is -0.481 e. The van der Waals surface area contributed by atoms with Gasteiger partial charge in [-0.25, -0.2) is 4.98 Å². The number of hydrogen-bond acceptors (Lipinski definition) is 6. The van der Waals surface area contributed by atoms with E-state index >= 15 is 0 Å². The number of carboxylic acid groups (broad SMARTS) is 2. The predicted octanol–water partition coefficient (Wildman–Crippen LogP) is 3.62. The number of hydrogen-bond donors (Lipinski definition) is 5. The summed E-state index contributed by atoms with van der Waals surface area (Å²) in [4.78, 5) is 52.5. The van der Waals surface area contributed by atoms with Gasteiger partial charge in [0.2, 0.25) is 11.8 Å². The zero-order valence-corrected chi connectivity index (χ0v) is 21.4. The summed E-state index contributed by atoms with van der Waals surface area (Å²) >= 11 is 0. The molecule has 10 heteroatoms. The van der Waals surface area contributed by atoms with E-state index in [-0.39, 0.29) is 6.42 Å². The Morgan fingerprint density at radius 2 is 1.41 bits per heavy atom. The molecule has 0 bridgehead atoms. The van der Waals surface area contributed by atoms with Gasteiger partial charge in [-0.2, -0.15) is 0 Å². The first-order chi connectivity index (χ1) is 18.8. The van der Waals surface area contributed by atoms with Gasteiger partial charge in [-0.1, -0.05) is 60.7 Å². The fourth-order valence-electron chi connectivity index (χ4n) is 3.98. The molecule has 0 fully saturated rings. The van der Waals surface area contributed by atoms with Gasteiger partial charge in [0.05, 0.1) is 18.9 Å². The topological polar surface area (TPSA) is 158 Å². The normalized spacial score (nSPS) is 12.1. The van der Waals surface area contributed by atoms with Gasteiger partial charge in [-0.15, -0.1) is 0 Å². The number of pyridine rings is 1. The number of carboxylic acids is 2. The molecule has 0 radical (unpaired) electrons. The molecular weight excluding hydrogens is 500 g/mol. The van der Waals surface area contributed by atoms with Gasteiger partial charge in [0, 0.05) is 19.2 Å². The molecule has 2 amide bonds. The Kier molecular flexibility index (Phi) is 11.0. The van der Waals surface area contributed by atoms with Gasteiger partial charge in [-0.05, 0) is 41.7 Å². The average molecular weight is 533 g/mol. The first kappa shape index (κ1) is 28.8. The van der Waals surface area contributed by atoms with Crippen LogP contribution >= 0.6 is 0 Å². The molecule has 0 saturated heterocycles. The molecule has 0 spiro atoms. The van der Waals surface area contributed by atoms with Crippen molar-refractivity contribution in [2.24, 2.45) is 0 Å². The van der Waals surface area contributed by atoms with Crippen molar-refractivity contribution in [1.29, 1.82) is 0 Å². The monoisotopic (exact) mass is 532 g/mol. The van der Waals surface area contributed by atoms with E-state index in [4.69, 9.17) is 0 Å².